The molecule has 0 bridgehead atoms. The lowest BCUT2D eigenvalue weighted by Gasteiger charge is -2.22. The zero-order valence-electron chi connectivity index (χ0n) is 12.0. The van der Waals surface area contributed by atoms with Gasteiger partial charge in [0, 0.05) is 31.2 Å². The van der Waals surface area contributed by atoms with Gasteiger partial charge in [-0.2, -0.15) is 0 Å². The van der Waals surface area contributed by atoms with Gasteiger partial charge in [0.1, 0.15) is 11.6 Å². The lowest BCUT2D eigenvalue weighted by Crippen LogP contribution is -2.35. The van der Waals surface area contributed by atoms with Crippen molar-refractivity contribution in [2.45, 2.75) is 12.8 Å². The van der Waals surface area contributed by atoms with Gasteiger partial charge in [-0.05, 0) is 25.0 Å². The molecule has 0 unspecified atom stereocenters. The van der Waals surface area contributed by atoms with Crippen molar-refractivity contribution in [2.24, 2.45) is 5.41 Å². The van der Waals surface area contributed by atoms with E-state index in [0.29, 0.717) is 25.4 Å². The Kier molecular flexibility index (Phi) is 3.71. The number of anilines is 1. The van der Waals surface area contributed by atoms with Gasteiger partial charge in [-0.25, -0.2) is 9.18 Å². The number of carbonyl (C=O) groups excluding carboxylic acids is 1. The number of methoxy groups -OCH3 is 1. The largest absolute Gasteiger partial charge is 0.497 e. The molecule has 2 aliphatic rings. The third-order valence-electron chi connectivity index (χ3n) is 4.33. The highest BCUT2D eigenvalue weighted by Gasteiger charge is 2.42. The summed E-state index contributed by atoms with van der Waals surface area (Å²) in [6, 6.07) is 4.01. The maximum atomic E-state index is 13.7. The fraction of sp³-hybridized carbons (Fsp3) is 0.533. The minimum Gasteiger partial charge on any atom is -0.497 e. The standard InChI is InChI=1S/C15H19FN2O3/c1-20-11-2-3-12(16)13(8-11)17-14(19)18-6-4-15(9-18)5-7-21-10-15/h2-3,8H,4-7,9-10H2,1H3,(H,17,19)/t15-/m0/s1. The Bertz CT molecular complexity index is 544. The Morgan fingerprint density at radius 2 is 2.33 bits per heavy atom. The summed E-state index contributed by atoms with van der Waals surface area (Å²) >= 11 is 0. The van der Waals surface area contributed by atoms with Crippen LogP contribution in [-0.2, 0) is 4.74 Å². The number of amides is 2. The number of benzene rings is 1. The van der Waals surface area contributed by atoms with Crippen LogP contribution in [0.3, 0.4) is 0 Å². The molecule has 1 spiro atoms. The van der Waals surface area contributed by atoms with Gasteiger partial charge in [0.2, 0.25) is 0 Å². The van der Waals surface area contributed by atoms with Crippen LogP contribution in [0, 0.1) is 11.2 Å². The van der Waals surface area contributed by atoms with E-state index in [4.69, 9.17) is 9.47 Å². The average molecular weight is 294 g/mol. The van der Waals surface area contributed by atoms with Crippen LogP contribution in [0.15, 0.2) is 18.2 Å². The van der Waals surface area contributed by atoms with Gasteiger partial charge in [0.15, 0.2) is 0 Å². The fourth-order valence-electron chi connectivity index (χ4n) is 3.00. The maximum absolute atomic E-state index is 13.7. The van der Waals surface area contributed by atoms with Gasteiger partial charge in [0.25, 0.3) is 0 Å². The van der Waals surface area contributed by atoms with Crippen molar-refractivity contribution in [3.63, 3.8) is 0 Å². The molecule has 2 heterocycles. The van der Waals surface area contributed by atoms with Crippen LogP contribution in [0.4, 0.5) is 14.9 Å². The van der Waals surface area contributed by atoms with Crippen LogP contribution in [0.25, 0.3) is 0 Å². The second-order valence-corrected chi connectivity index (χ2v) is 5.75. The molecule has 21 heavy (non-hydrogen) atoms. The van der Waals surface area contributed by atoms with Crippen molar-refractivity contribution in [2.75, 3.05) is 38.7 Å². The fourth-order valence-corrected chi connectivity index (χ4v) is 3.00. The normalized spacial score (nSPS) is 24.6. The molecule has 2 saturated heterocycles. The van der Waals surface area contributed by atoms with Crippen molar-refractivity contribution < 1.29 is 18.7 Å². The van der Waals surface area contributed by atoms with E-state index in [-0.39, 0.29) is 17.1 Å². The summed E-state index contributed by atoms with van der Waals surface area (Å²) < 4.78 is 24.2. The van der Waals surface area contributed by atoms with Crippen LogP contribution >= 0.6 is 0 Å². The van der Waals surface area contributed by atoms with E-state index in [2.05, 4.69) is 5.32 Å². The first-order chi connectivity index (χ1) is 10.1. The predicted molar refractivity (Wildman–Crippen MR) is 76.0 cm³/mol. The van der Waals surface area contributed by atoms with E-state index >= 15 is 0 Å². The highest BCUT2D eigenvalue weighted by Crippen LogP contribution is 2.38. The van der Waals surface area contributed by atoms with Gasteiger partial charge in [-0.3, -0.25) is 0 Å². The van der Waals surface area contributed by atoms with E-state index in [9.17, 15) is 9.18 Å². The molecule has 1 N–H and O–H groups in total. The number of urea groups is 1. The van der Waals surface area contributed by atoms with Gasteiger partial charge in [0.05, 0.1) is 19.4 Å². The molecule has 1 atom stereocenters. The third-order valence-corrected chi connectivity index (χ3v) is 4.33. The lowest BCUT2D eigenvalue weighted by atomic mass is 9.87. The molecule has 6 heteroatoms. The molecule has 0 radical (unpaired) electrons. The van der Waals surface area contributed by atoms with E-state index in [0.717, 1.165) is 19.4 Å². The highest BCUT2D eigenvalue weighted by atomic mass is 19.1. The molecule has 1 aromatic rings. The first-order valence-electron chi connectivity index (χ1n) is 7.09. The molecule has 3 rings (SSSR count). The minimum atomic E-state index is -0.470. The molecule has 0 aliphatic carbocycles. The predicted octanol–water partition coefficient (Wildman–Crippen LogP) is 2.48. The third kappa shape index (κ3) is 2.81. The molecule has 0 saturated carbocycles. The molecule has 2 fully saturated rings. The van der Waals surface area contributed by atoms with Gasteiger partial charge in [-0.1, -0.05) is 0 Å². The summed E-state index contributed by atoms with van der Waals surface area (Å²) in [6.07, 6.45) is 1.94. The Morgan fingerprint density at radius 1 is 1.48 bits per heavy atom. The number of likely N-dealkylation sites (tertiary alicyclic amines) is 1. The van der Waals surface area contributed by atoms with Gasteiger partial charge in [-0.15, -0.1) is 0 Å². The van der Waals surface area contributed by atoms with E-state index in [1.807, 2.05) is 0 Å². The summed E-state index contributed by atoms with van der Waals surface area (Å²) in [6.45, 7) is 2.83. The number of nitrogens with one attached hydrogen (secondary N) is 1. The first kappa shape index (κ1) is 14.1. The summed E-state index contributed by atoms with van der Waals surface area (Å²) in [7, 11) is 1.50. The highest BCUT2D eigenvalue weighted by molar-refractivity contribution is 5.90. The molecule has 2 amide bonds. The smallest absolute Gasteiger partial charge is 0.321 e. The number of hydrogen-bond donors (Lipinski definition) is 1. The van der Waals surface area contributed by atoms with Crippen LogP contribution in [-0.4, -0.2) is 44.3 Å². The van der Waals surface area contributed by atoms with Crippen LogP contribution in [0.2, 0.25) is 0 Å². The number of carbonyl (C=O) groups is 1. The monoisotopic (exact) mass is 294 g/mol. The molecule has 0 aromatic heterocycles. The zero-order valence-corrected chi connectivity index (χ0v) is 12.0. The van der Waals surface area contributed by atoms with Crippen molar-refractivity contribution in [3.8, 4) is 5.75 Å². The van der Waals surface area contributed by atoms with Crippen molar-refractivity contribution >= 4 is 11.7 Å². The second kappa shape index (κ2) is 5.52. The van der Waals surface area contributed by atoms with E-state index in [1.165, 1.54) is 25.3 Å². The van der Waals surface area contributed by atoms with Crippen LogP contribution < -0.4 is 10.1 Å². The summed E-state index contributed by atoms with van der Waals surface area (Å²) in [5, 5.41) is 2.62. The molecule has 114 valence electrons. The molecular formula is C15H19FN2O3. The van der Waals surface area contributed by atoms with Crippen molar-refractivity contribution in [3.05, 3.63) is 24.0 Å². The van der Waals surface area contributed by atoms with Crippen LogP contribution in [0.5, 0.6) is 5.75 Å². The first-order valence-corrected chi connectivity index (χ1v) is 7.09. The Balaban J connectivity index is 1.67. The SMILES string of the molecule is COc1ccc(F)c(NC(=O)N2CC[C@]3(CCOC3)C2)c1. The lowest BCUT2D eigenvalue weighted by molar-refractivity contribution is 0.154. The Labute approximate surface area is 123 Å². The maximum Gasteiger partial charge on any atom is 0.321 e. The Morgan fingerprint density at radius 3 is 3.05 bits per heavy atom. The molecular weight excluding hydrogens is 275 g/mol. The van der Waals surface area contributed by atoms with Gasteiger partial charge >= 0.3 is 6.03 Å². The average Bonchev–Trinajstić information content (AvgIpc) is 3.12. The van der Waals surface area contributed by atoms with Crippen molar-refractivity contribution in [1.82, 2.24) is 4.90 Å². The number of halogens is 1. The zero-order chi connectivity index (χ0) is 14.9. The van der Waals surface area contributed by atoms with Crippen molar-refractivity contribution in [1.29, 1.82) is 0 Å². The van der Waals surface area contributed by atoms with Crippen LogP contribution in [0.1, 0.15) is 12.8 Å². The topological polar surface area (TPSA) is 50.8 Å². The van der Waals surface area contributed by atoms with Gasteiger partial charge < -0.3 is 19.7 Å². The van der Waals surface area contributed by atoms with E-state index in [1.54, 1.807) is 4.90 Å². The summed E-state index contributed by atoms with van der Waals surface area (Å²) in [5.74, 6) is 0.0380. The number of ether oxygens (including phenoxy) is 2. The minimum absolute atomic E-state index is 0.101. The Hall–Kier alpha value is -1.82. The number of nitrogens with zero attached hydrogens (tertiary/aromatic N) is 1. The summed E-state index contributed by atoms with van der Waals surface area (Å²) in [4.78, 5) is 14.0. The molecule has 2 aliphatic heterocycles. The quantitative estimate of drug-likeness (QED) is 0.911. The molecule has 1 aromatic carbocycles. The second-order valence-electron chi connectivity index (χ2n) is 5.75. The number of hydrogen-bond acceptors (Lipinski definition) is 3. The van der Waals surface area contributed by atoms with E-state index < -0.39 is 5.82 Å². The number of rotatable bonds is 2. The molecule has 5 nitrogen and oxygen atoms in total. The summed E-state index contributed by atoms with van der Waals surface area (Å²) in [5.41, 5.74) is 0.243.